The summed E-state index contributed by atoms with van der Waals surface area (Å²) in [6.07, 6.45) is 5.09. The van der Waals surface area contributed by atoms with Gasteiger partial charge in [-0.3, -0.25) is 4.79 Å². The Morgan fingerprint density at radius 1 is 1.15 bits per heavy atom. The van der Waals surface area contributed by atoms with Crippen LogP contribution in [0.3, 0.4) is 0 Å². The van der Waals surface area contributed by atoms with Crippen molar-refractivity contribution in [1.82, 2.24) is 10.3 Å². The first-order chi connectivity index (χ1) is 22.2. The third-order valence-electron chi connectivity index (χ3n) is 6.00. The molecule has 0 saturated carbocycles. The summed E-state index contributed by atoms with van der Waals surface area (Å²) in [4.78, 5) is 30.6. The number of hydrogen-bond acceptors (Lipinski definition) is 11. The lowest BCUT2D eigenvalue weighted by atomic mass is 10.1. The number of anilines is 1. The molecule has 0 aliphatic carbocycles. The number of aromatic nitrogens is 1. The molecule has 1 unspecified atom stereocenters. The van der Waals surface area contributed by atoms with Crippen LogP contribution < -0.4 is 21.1 Å². The molecule has 2 aromatic rings. The summed E-state index contributed by atoms with van der Waals surface area (Å²) in [7, 11) is 0. The fourth-order valence-corrected chi connectivity index (χ4v) is 4.26. The standard InChI is InChI=1S/C24H26ClF2N5O8.2C2H6.C2H2/c1-29-21-16(31-10-40-18-9-38-19-17(33)8-37-20(18)19)6-13(25)23(32-21)39-7-12-14(26)4-11(5-15(12)27)22(34)30-2-3-36-24(28)35;3*1-2/h4-6,17-20,31,33H,1-3,7-10H2,(H2,28,35)(H,30,34);2*1-2H3;1-2H/t17-,18-,19?,20-;;;/m1.../s1. The summed E-state index contributed by atoms with van der Waals surface area (Å²) in [6.45, 7) is 11.0. The smallest absolute Gasteiger partial charge is 0.404 e. The first-order valence-corrected chi connectivity index (χ1v) is 14.6. The number of nitrogens with two attached hydrogens (primary N) is 1. The lowest BCUT2D eigenvalue weighted by Gasteiger charge is -2.18. The normalized spacial score (nSPS) is 19.0. The number of nitrogens with one attached hydrogen (secondary N) is 2. The molecule has 2 amide bonds. The van der Waals surface area contributed by atoms with Crippen molar-refractivity contribution < 1.29 is 47.2 Å². The molecule has 1 aromatic heterocycles. The molecular weight excluding hydrogens is 632 g/mol. The van der Waals surface area contributed by atoms with Crippen LogP contribution in [0.2, 0.25) is 5.02 Å². The number of halogens is 3. The number of ether oxygens (including phenoxy) is 5. The van der Waals surface area contributed by atoms with Gasteiger partial charge in [0.05, 0.1) is 31.0 Å². The van der Waals surface area contributed by atoms with E-state index < -0.39 is 48.0 Å². The summed E-state index contributed by atoms with van der Waals surface area (Å²) < 4.78 is 55.9. The summed E-state index contributed by atoms with van der Waals surface area (Å²) in [6, 6.07) is 3.10. The fourth-order valence-electron chi connectivity index (χ4n) is 4.06. The SMILES string of the molecule is C#C.C=Nc1nc(OCc2c(F)cc(C(=O)NCCOC(N)=O)cc2F)c(Cl)cc1NCO[C@@H]1COC2[C@H](O)CO[C@@H]21.CC.CC. The van der Waals surface area contributed by atoms with E-state index in [0.717, 1.165) is 12.1 Å². The maximum absolute atomic E-state index is 14.6. The molecule has 0 spiro atoms. The number of primary amides is 1. The summed E-state index contributed by atoms with van der Waals surface area (Å²) >= 11 is 6.27. The molecule has 2 fully saturated rings. The van der Waals surface area contributed by atoms with Crippen molar-refractivity contribution >= 4 is 41.8 Å². The molecule has 254 valence electrons. The van der Waals surface area contributed by atoms with Crippen molar-refractivity contribution in [3.63, 3.8) is 0 Å². The van der Waals surface area contributed by atoms with Crippen molar-refractivity contribution in [2.24, 2.45) is 10.7 Å². The number of pyridine rings is 1. The van der Waals surface area contributed by atoms with Crippen molar-refractivity contribution in [2.75, 3.05) is 38.4 Å². The third-order valence-corrected chi connectivity index (χ3v) is 6.27. The minimum atomic E-state index is -1.04. The number of terminal acetylenes is 1. The molecule has 13 nitrogen and oxygen atoms in total. The van der Waals surface area contributed by atoms with E-state index in [1.165, 1.54) is 6.07 Å². The molecule has 1 aromatic carbocycles. The van der Waals surface area contributed by atoms with Crippen LogP contribution >= 0.6 is 11.6 Å². The number of aliphatic hydroxyl groups is 1. The molecule has 2 aliphatic heterocycles. The van der Waals surface area contributed by atoms with E-state index in [2.05, 4.69) is 44.9 Å². The van der Waals surface area contributed by atoms with Crippen molar-refractivity contribution in [2.45, 2.75) is 58.7 Å². The molecular formula is C30H40ClF2N5O8. The van der Waals surface area contributed by atoms with E-state index in [0.29, 0.717) is 5.69 Å². The first kappa shape index (κ1) is 40.0. The number of fused-ring (bicyclic) bond motifs is 1. The van der Waals surface area contributed by atoms with Crippen LogP contribution in [0.25, 0.3) is 0 Å². The van der Waals surface area contributed by atoms with Gasteiger partial charge in [0, 0.05) is 5.56 Å². The highest BCUT2D eigenvalue weighted by Gasteiger charge is 2.47. The summed E-state index contributed by atoms with van der Waals surface area (Å²) in [5.74, 6) is -2.94. The molecule has 5 N–H and O–H groups in total. The number of benzene rings is 1. The number of carbonyl (C=O) groups is 2. The lowest BCUT2D eigenvalue weighted by Crippen LogP contribution is -2.33. The van der Waals surface area contributed by atoms with E-state index >= 15 is 0 Å². The van der Waals surface area contributed by atoms with Gasteiger partial charge >= 0.3 is 6.09 Å². The topological polar surface area (TPSA) is 176 Å². The molecule has 3 heterocycles. The van der Waals surface area contributed by atoms with Gasteiger partial charge in [-0.05, 0) is 24.9 Å². The van der Waals surface area contributed by atoms with E-state index in [1.54, 1.807) is 0 Å². The van der Waals surface area contributed by atoms with Crippen molar-refractivity contribution in [3.05, 3.63) is 46.0 Å². The Labute approximate surface area is 271 Å². The van der Waals surface area contributed by atoms with Gasteiger partial charge in [-0.25, -0.2) is 18.6 Å². The number of aliphatic hydroxyl groups excluding tert-OH is 1. The highest BCUT2D eigenvalue weighted by atomic mass is 35.5. The predicted molar refractivity (Wildman–Crippen MR) is 168 cm³/mol. The fraction of sp³-hybridized carbons (Fsp3) is 0.467. The molecule has 0 radical (unpaired) electrons. The second kappa shape index (κ2) is 20.9. The Bertz CT molecular complexity index is 1300. The predicted octanol–water partition coefficient (Wildman–Crippen LogP) is 3.96. The van der Waals surface area contributed by atoms with Gasteiger partial charge in [-0.1, -0.05) is 39.3 Å². The zero-order valence-corrected chi connectivity index (χ0v) is 26.8. The van der Waals surface area contributed by atoms with Crippen molar-refractivity contribution in [3.8, 4) is 18.7 Å². The van der Waals surface area contributed by atoms with Gasteiger partial charge in [0.2, 0.25) is 5.88 Å². The van der Waals surface area contributed by atoms with Gasteiger partial charge in [-0.15, -0.1) is 12.8 Å². The second-order valence-corrected chi connectivity index (χ2v) is 9.03. The highest BCUT2D eigenvalue weighted by molar-refractivity contribution is 6.32. The van der Waals surface area contributed by atoms with Gasteiger partial charge < -0.3 is 45.2 Å². The highest BCUT2D eigenvalue weighted by Crippen LogP contribution is 2.34. The zero-order chi connectivity index (χ0) is 34.8. The van der Waals surface area contributed by atoms with E-state index in [9.17, 15) is 23.5 Å². The van der Waals surface area contributed by atoms with E-state index in [-0.39, 0.29) is 67.6 Å². The maximum Gasteiger partial charge on any atom is 0.404 e. The van der Waals surface area contributed by atoms with Crippen LogP contribution in [-0.2, 0) is 25.6 Å². The molecule has 2 saturated heterocycles. The Balaban J connectivity index is 0.00000166. The van der Waals surface area contributed by atoms with Crippen LogP contribution in [0, 0.1) is 24.5 Å². The summed E-state index contributed by atoms with van der Waals surface area (Å²) in [5, 5.41) is 15.1. The van der Waals surface area contributed by atoms with Gasteiger partial charge in [0.1, 0.15) is 61.0 Å². The number of nitrogens with zero attached hydrogens (tertiary/aromatic N) is 2. The molecule has 16 heteroatoms. The van der Waals surface area contributed by atoms with Crippen LogP contribution in [0.1, 0.15) is 43.6 Å². The first-order valence-electron chi connectivity index (χ1n) is 14.3. The van der Waals surface area contributed by atoms with Crippen molar-refractivity contribution in [1.29, 1.82) is 0 Å². The van der Waals surface area contributed by atoms with Gasteiger partial charge in [-0.2, -0.15) is 4.98 Å². The largest absolute Gasteiger partial charge is 0.471 e. The molecule has 2 aliphatic rings. The van der Waals surface area contributed by atoms with Crippen LogP contribution in [-0.4, -0.2) is 86.3 Å². The van der Waals surface area contributed by atoms with Gasteiger partial charge in [0.25, 0.3) is 5.91 Å². The average Bonchev–Trinajstić information content (AvgIpc) is 3.64. The number of rotatable bonds is 12. The lowest BCUT2D eigenvalue weighted by molar-refractivity contribution is -0.0311. The number of hydrogen-bond donors (Lipinski definition) is 4. The van der Waals surface area contributed by atoms with E-state index in [4.69, 9.17) is 36.3 Å². The monoisotopic (exact) mass is 671 g/mol. The second-order valence-electron chi connectivity index (χ2n) is 8.62. The van der Waals surface area contributed by atoms with Crippen LogP contribution in [0.4, 0.5) is 25.1 Å². The van der Waals surface area contributed by atoms with Gasteiger partial charge in [0.15, 0.2) is 5.82 Å². The van der Waals surface area contributed by atoms with E-state index in [1.807, 2.05) is 27.7 Å². The number of aliphatic imine (C=N–C) groups is 1. The Morgan fingerprint density at radius 2 is 1.78 bits per heavy atom. The minimum absolute atomic E-state index is 0.00590. The van der Waals surface area contributed by atoms with Crippen LogP contribution in [0.5, 0.6) is 5.88 Å². The Hall–Kier alpha value is -4.07. The number of carbonyl (C=O) groups excluding carboxylic acids is 2. The Morgan fingerprint density at radius 3 is 2.39 bits per heavy atom. The molecule has 0 bridgehead atoms. The molecule has 46 heavy (non-hydrogen) atoms. The quantitative estimate of drug-likeness (QED) is 0.112. The molecule has 4 rings (SSSR count). The number of amides is 2. The third kappa shape index (κ3) is 11.1. The minimum Gasteiger partial charge on any atom is -0.471 e. The maximum atomic E-state index is 14.6. The Kier molecular flexibility index (Phi) is 18.1. The summed E-state index contributed by atoms with van der Waals surface area (Å²) in [5.41, 5.74) is 4.40. The zero-order valence-electron chi connectivity index (χ0n) is 26.1. The molecule has 4 atom stereocenters. The average molecular weight is 672 g/mol. The van der Waals surface area contributed by atoms with Crippen LogP contribution in [0.15, 0.2) is 23.2 Å².